The van der Waals surface area contributed by atoms with E-state index in [1.807, 2.05) is 12.1 Å². The topological polar surface area (TPSA) is 73.8 Å². The van der Waals surface area contributed by atoms with Crippen LogP contribution in [-0.4, -0.2) is 64.3 Å². The van der Waals surface area contributed by atoms with E-state index in [1.54, 1.807) is 12.1 Å². The molecular formula is C19H33IN4O2S. The lowest BCUT2D eigenvalue weighted by molar-refractivity contribution is 0.286. The number of hydrogen-bond donors (Lipinski definition) is 2. The highest BCUT2D eigenvalue weighted by Gasteiger charge is 2.27. The second-order valence-corrected chi connectivity index (χ2v) is 8.73. The number of aliphatic imine (C=N–C) groups is 1. The standard InChI is InChI=1S/C19H32N4O2S.HI/c1-4-20-19(22-14-15-23(5-2)17-8-9-17)21-13-12-16-6-10-18(11-7-16)26(3,24)25;/h6-7,10-11,17H,4-5,8-9,12-15H2,1-3H3,(H2,20,21,22);1H. The van der Waals surface area contributed by atoms with Gasteiger partial charge in [-0.1, -0.05) is 19.1 Å². The second kappa shape index (κ2) is 11.9. The summed E-state index contributed by atoms with van der Waals surface area (Å²) in [5, 5.41) is 6.63. The second-order valence-electron chi connectivity index (χ2n) is 6.71. The zero-order valence-electron chi connectivity index (χ0n) is 16.6. The van der Waals surface area contributed by atoms with E-state index in [9.17, 15) is 8.42 Å². The number of nitrogens with one attached hydrogen (secondary N) is 2. The Balaban J connectivity index is 0.00000364. The van der Waals surface area contributed by atoms with E-state index in [-0.39, 0.29) is 24.0 Å². The van der Waals surface area contributed by atoms with Crippen molar-refractivity contribution in [1.29, 1.82) is 0 Å². The molecule has 27 heavy (non-hydrogen) atoms. The number of likely N-dealkylation sites (N-methyl/N-ethyl adjacent to an activating group) is 1. The van der Waals surface area contributed by atoms with Crippen LogP contribution < -0.4 is 10.6 Å². The van der Waals surface area contributed by atoms with Crippen LogP contribution in [0.3, 0.4) is 0 Å². The third-order valence-electron chi connectivity index (χ3n) is 4.53. The predicted octanol–water partition coefficient (Wildman–Crippen LogP) is 2.29. The lowest BCUT2D eigenvalue weighted by Crippen LogP contribution is -2.39. The highest BCUT2D eigenvalue weighted by molar-refractivity contribution is 14.0. The highest BCUT2D eigenvalue weighted by atomic mass is 127. The molecule has 0 heterocycles. The molecule has 2 N–H and O–H groups in total. The first-order valence-corrected chi connectivity index (χ1v) is 11.4. The van der Waals surface area contributed by atoms with Crippen molar-refractivity contribution in [1.82, 2.24) is 15.5 Å². The lowest BCUT2D eigenvalue weighted by Gasteiger charge is -2.19. The van der Waals surface area contributed by atoms with Crippen LogP contribution in [-0.2, 0) is 16.3 Å². The monoisotopic (exact) mass is 508 g/mol. The van der Waals surface area contributed by atoms with Crippen LogP contribution in [0.1, 0.15) is 32.3 Å². The van der Waals surface area contributed by atoms with Gasteiger partial charge >= 0.3 is 0 Å². The maximum atomic E-state index is 11.5. The van der Waals surface area contributed by atoms with E-state index in [2.05, 4.69) is 34.4 Å². The largest absolute Gasteiger partial charge is 0.357 e. The van der Waals surface area contributed by atoms with Crippen molar-refractivity contribution in [2.24, 2.45) is 4.99 Å². The SMILES string of the molecule is CCNC(=NCCN(CC)C1CC1)NCCc1ccc(S(C)(=O)=O)cc1.I. The van der Waals surface area contributed by atoms with Crippen molar-refractivity contribution in [3.05, 3.63) is 29.8 Å². The van der Waals surface area contributed by atoms with E-state index in [4.69, 9.17) is 0 Å². The maximum Gasteiger partial charge on any atom is 0.191 e. The molecule has 6 nitrogen and oxygen atoms in total. The van der Waals surface area contributed by atoms with Crippen molar-refractivity contribution >= 4 is 39.8 Å². The van der Waals surface area contributed by atoms with Gasteiger partial charge in [-0.05, 0) is 50.4 Å². The molecule has 0 aliphatic heterocycles. The molecule has 0 amide bonds. The fourth-order valence-electron chi connectivity index (χ4n) is 2.90. The van der Waals surface area contributed by atoms with Gasteiger partial charge in [-0.15, -0.1) is 24.0 Å². The summed E-state index contributed by atoms with van der Waals surface area (Å²) in [5.74, 6) is 0.840. The first-order valence-electron chi connectivity index (χ1n) is 9.49. The summed E-state index contributed by atoms with van der Waals surface area (Å²) in [6.45, 7) is 8.74. The number of rotatable bonds is 10. The van der Waals surface area contributed by atoms with E-state index in [0.717, 1.165) is 56.7 Å². The van der Waals surface area contributed by atoms with Crippen LogP contribution in [0.2, 0.25) is 0 Å². The Bertz CT molecular complexity index is 688. The lowest BCUT2D eigenvalue weighted by atomic mass is 10.1. The Morgan fingerprint density at radius 3 is 2.37 bits per heavy atom. The van der Waals surface area contributed by atoms with Gasteiger partial charge in [0.25, 0.3) is 0 Å². The first-order chi connectivity index (χ1) is 12.4. The fourth-order valence-corrected chi connectivity index (χ4v) is 3.53. The fraction of sp³-hybridized carbons (Fsp3) is 0.632. The summed E-state index contributed by atoms with van der Waals surface area (Å²) in [6, 6.07) is 7.86. The third kappa shape index (κ3) is 8.78. The van der Waals surface area contributed by atoms with E-state index in [1.165, 1.54) is 19.1 Å². The normalized spacial score (nSPS) is 14.7. The number of benzene rings is 1. The zero-order valence-corrected chi connectivity index (χ0v) is 19.7. The van der Waals surface area contributed by atoms with Gasteiger partial charge in [0.1, 0.15) is 0 Å². The Kier molecular flexibility index (Phi) is 10.6. The van der Waals surface area contributed by atoms with Crippen molar-refractivity contribution in [2.75, 3.05) is 39.0 Å². The smallest absolute Gasteiger partial charge is 0.191 e. The molecule has 0 saturated heterocycles. The minimum absolute atomic E-state index is 0. The molecule has 0 unspecified atom stereocenters. The molecule has 2 rings (SSSR count). The maximum absolute atomic E-state index is 11.5. The Morgan fingerprint density at radius 1 is 1.19 bits per heavy atom. The molecule has 0 bridgehead atoms. The molecule has 8 heteroatoms. The van der Waals surface area contributed by atoms with Gasteiger partial charge < -0.3 is 10.6 Å². The molecule has 0 atom stereocenters. The van der Waals surface area contributed by atoms with Crippen LogP contribution in [0.15, 0.2) is 34.2 Å². The molecule has 1 aromatic carbocycles. The minimum atomic E-state index is -3.13. The summed E-state index contributed by atoms with van der Waals surface area (Å²) in [5.41, 5.74) is 1.10. The van der Waals surface area contributed by atoms with Gasteiger partial charge in [0, 0.05) is 31.9 Å². The number of nitrogens with zero attached hydrogens (tertiary/aromatic N) is 2. The van der Waals surface area contributed by atoms with Crippen molar-refractivity contribution in [3.8, 4) is 0 Å². The first kappa shape index (κ1) is 24.2. The molecular weight excluding hydrogens is 475 g/mol. The minimum Gasteiger partial charge on any atom is -0.357 e. The third-order valence-corrected chi connectivity index (χ3v) is 5.66. The van der Waals surface area contributed by atoms with Crippen molar-refractivity contribution in [3.63, 3.8) is 0 Å². The molecule has 1 aromatic rings. The van der Waals surface area contributed by atoms with Crippen LogP contribution >= 0.6 is 24.0 Å². The molecule has 1 fully saturated rings. The van der Waals surface area contributed by atoms with Crippen LogP contribution in [0.4, 0.5) is 0 Å². The summed E-state index contributed by atoms with van der Waals surface area (Å²) in [6.07, 6.45) is 4.70. The summed E-state index contributed by atoms with van der Waals surface area (Å²) in [4.78, 5) is 7.52. The van der Waals surface area contributed by atoms with Gasteiger partial charge in [0.05, 0.1) is 11.4 Å². The van der Waals surface area contributed by atoms with Crippen LogP contribution in [0, 0.1) is 0 Å². The van der Waals surface area contributed by atoms with Crippen molar-refractivity contribution in [2.45, 2.75) is 44.0 Å². The number of sulfone groups is 1. The van der Waals surface area contributed by atoms with Gasteiger partial charge in [-0.25, -0.2) is 8.42 Å². The molecule has 1 aliphatic rings. The van der Waals surface area contributed by atoms with Gasteiger partial charge in [-0.3, -0.25) is 9.89 Å². The summed E-state index contributed by atoms with van der Waals surface area (Å²) < 4.78 is 23.0. The van der Waals surface area contributed by atoms with Gasteiger partial charge in [0.15, 0.2) is 15.8 Å². The van der Waals surface area contributed by atoms with Crippen LogP contribution in [0.25, 0.3) is 0 Å². The molecule has 0 spiro atoms. The van der Waals surface area contributed by atoms with Gasteiger partial charge in [0.2, 0.25) is 0 Å². The summed E-state index contributed by atoms with van der Waals surface area (Å²) >= 11 is 0. The zero-order chi connectivity index (χ0) is 19.0. The van der Waals surface area contributed by atoms with Crippen LogP contribution in [0.5, 0.6) is 0 Å². The van der Waals surface area contributed by atoms with E-state index < -0.39 is 9.84 Å². The number of halogens is 1. The highest BCUT2D eigenvalue weighted by Crippen LogP contribution is 2.25. The average molecular weight is 508 g/mol. The predicted molar refractivity (Wildman–Crippen MR) is 123 cm³/mol. The van der Waals surface area contributed by atoms with Gasteiger partial charge in [-0.2, -0.15) is 0 Å². The van der Waals surface area contributed by atoms with E-state index >= 15 is 0 Å². The summed E-state index contributed by atoms with van der Waals surface area (Å²) in [7, 11) is -3.13. The molecule has 1 aliphatic carbocycles. The number of hydrogen-bond acceptors (Lipinski definition) is 4. The average Bonchev–Trinajstić information content (AvgIpc) is 3.43. The van der Waals surface area contributed by atoms with Crippen molar-refractivity contribution < 1.29 is 8.42 Å². The molecule has 0 radical (unpaired) electrons. The molecule has 0 aromatic heterocycles. The Morgan fingerprint density at radius 2 is 1.85 bits per heavy atom. The quantitative estimate of drug-likeness (QED) is 0.288. The Hall–Kier alpha value is -0.870. The molecule has 154 valence electrons. The number of guanidine groups is 1. The van der Waals surface area contributed by atoms with E-state index in [0.29, 0.717) is 4.90 Å². The Labute approximate surface area is 181 Å². The molecule has 1 saturated carbocycles.